The van der Waals surface area contributed by atoms with Crippen LogP contribution in [0, 0.1) is 18.3 Å². The topological polar surface area (TPSA) is 105 Å². The van der Waals surface area contributed by atoms with E-state index in [0.717, 1.165) is 16.6 Å². The van der Waals surface area contributed by atoms with Crippen molar-refractivity contribution >= 4 is 26.7 Å². The summed E-state index contributed by atoms with van der Waals surface area (Å²) in [4.78, 5) is 10.7. The number of benzene rings is 1. The highest BCUT2D eigenvalue weighted by Crippen LogP contribution is 2.29. The van der Waals surface area contributed by atoms with E-state index in [1.54, 1.807) is 24.5 Å². The van der Waals surface area contributed by atoms with Gasteiger partial charge in [-0.1, -0.05) is 17.7 Å². The molecule has 31 heavy (non-hydrogen) atoms. The highest BCUT2D eigenvalue weighted by atomic mass is 32.2. The predicted octanol–water partition coefficient (Wildman–Crippen LogP) is 2.81. The first kappa shape index (κ1) is 21.2. The molecule has 4 rings (SSSR count). The van der Waals surface area contributed by atoms with Crippen LogP contribution in [0.2, 0.25) is 0 Å². The summed E-state index contributed by atoms with van der Waals surface area (Å²) in [7, 11) is -3.88. The van der Waals surface area contributed by atoms with Crippen LogP contribution in [-0.4, -0.2) is 50.3 Å². The number of nitrogens with zero attached hydrogens (tertiary/aromatic N) is 4. The van der Waals surface area contributed by atoms with E-state index in [9.17, 15) is 13.7 Å². The lowest BCUT2D eigenvalue weighted by molar-refractivity contribution is -0.0360. The summed E-state index contributed by atoms with van der Waals surface area (Å²) < 4.78 is 36.3. The minimum atomic E-state index is -3.88. The predicted molar refractivity (Wildman–Crippen MR) is 115 cm³/mol. The van der Waals surface area contributed by atoms with Gasteiger partial charge in [0.15, 0.2) is 5.69 Å². The minimum Gasteiger partial charge on any atom is -0.369 e. The Labute approximate surface area is 181 Å². The monoisotopic (exact) mass is 438 g/mol. The third-order valence-corrected chi connectivity index (χ3v) is 6.41. The van der Waals surface area contributed by atoms with E-state index in [2.05, 4.69) is 20.9 Å². The first-order chi connectivity index (χ1) is 14.9. The molecule has 1 fully saturated rings. The standard InChI is InChI=1S/C22H22N4O4S/c1-15-5-7-18(8-6-15)31(27,28)29-14-17-13-26(12-16(2)30-17)21-11-25-20(10-23)22-19(21)4-3-9-24-22/h3-9,11,16-17H,12-14H2,1-2H3/t16-,17-/m1/s1. The van der Waals surface area contributed by atoms with Gasteiger partial charge in [0.1, 0.15) is 17.7 Å². The second-order valence-electron chi connectivity index (χ2n) is 7.53. The maximum atomic E-state index is 12.5. The molecular formula is C22H22N4O4S. The molecule has 9 heteroatoms. The van der Waals surface area contributed by atoms with E-state index >= 15 is 0 Å². The van der Waals surface area contributed by atoms with Crippen molar-refractivity contribution in [3.63, 3.8) is 0 Å². The Hall–Kier alpha value is -3.06. The third kappa shape index (κ3) is 4.51. The van der Waals surface area contributed by atoms with Crippen LogP contribution in [0.15, 0.2) is 53.7 Å². The van der Waals surface area contributed by atoms with Crippen molar-refractivity contribution in [1.82, 2.24) is 9.97 Å². The smallest absolute Gasteiger partial charge is 0.297 e. The molecule has 1 saturated heterocycles. The molecule has 2 aromatic heterocycles. The van der Waals surface area contributed by atoms with Crippen molar-refractivity contribution in [3.8, 4) is 6.07 Å². The van der Waals surface area contributed by atoms with E-state index in [0.29, 0.717) is 18.6 Å². The van der Waals surface area contributed by atoms with Crippen molar-refractivity contribution < 1.29 is 17.3 Å². The fourth-order valence-electron chi connectivity index (χ4n) is 3.66. The number of aromatic nitrogens is 2. The number of hydrogen-bond donors (Lipinski definition) is 0. The molecule has 8 nitrogen and oxygen atoms in total. The first-order valence-corrected chi connectivity index (χ1v) is 11.3. The molecule has 1 aliphatic rings. The zero-order valence-electron chi connectivity index (χ0n) is 17.2. The summed E-state index contributed by atoms with van der Waals surface area (Å²) in [5.74, 6) is 0. The molecule has 2 atom stereocenters. The molecule has 0 aliphatic carbocycles. The van der Waals surface area contributed by atoms with Crippen LogP contribution in [0.5, 0.6) is 0 Å². The second-order valence-corrected chi connectivity index (χ2v) is 9.14. The summed E-state index contributed by atoms with van der Waals surface area (Å²) in [5.41, 5.74) is 2.60. The molecule has 0 bridgehead atoms. The highest BCUT2D eigenvalue weighted by molar-refractivity contribution is 7.86. The van der Waals surface area contributed by atoms with Gasteiger partial charge in [-0.2, -0.15) is 13.7 Å². The van der Waals surface area contributed by atoms with Crippen molar-refractivity contribution in [2.24, 2.45) is 0 Å². The van der Waals surface area contributed by atoms with Crippen LogP contribution in [0.4, 0.5) is 5.69 Å². The SMILES string of the molecule is Cc1ccc(S(=O)(=O)OC[C@H]2CN(c3cnc(C#N)c4ncccc34)C[C@@H](C)O2)cc1. The van der Waals surface area contributed by atoms with Gasteiger partial charge >= 0.3 is 0 Å². The van der Waals surface area contributed by atoms with E-state index in [4.69, 9.17) is 8.92 Å². The Morgan fingerprint density at radius 2 is 2.00 bits per heavy atom. The van der Waals surface area contributed by atoms with Crippen LogP contribution in [0.1, 0.15) is 18.2 Å². The van der Waals surface area contributed by atoms with Crippen LogP contribution in [0.3, 0.4) is 0 Å². The van der Waals surface area contributed by atoms with Crippen LogP contribution in [0.25, 0.3) is 10.9 Å². The van der Waals surface area contributed by atoms with Crippen LogP contribution in [-0.2, 0) is 19.0 Å². The Bertz CT molecular complexity index is 1240. The number of anilines is 1. The van der Waals surface area contributed by atoms with Gasteiger partial charge < -0.3 is 9.64 Å². The lowest BCUT2D eigenvalue weighted by Gasteiger charge is -2.38. The van der Waals surface area contributed by atoms with Gasteiger partial charge in [-0.3, -0.25) is 9.17 Å². The van der Waals surface area contributed by atoms with Crippen molar-refractivity contribution in [2.45, 2.75) is 31.0 Å². The lowest BCUT2D eigenvalue weighted by Crippen LogP contribution is -2.48. The molecule has 1 aromatic carbocycles. The first-order valence-electron chi connectivity index (χ1n) is 9.87. The van der Waals surface area contributed by atoms with Crippen molar-refractivity contribution in [2.75, 3.05) is 24.6 Å². The Kier molecular flexibility index (Phi) is 5.87. The lowest BCUT2D eigenvalue weighted by atomic mass is 10.1. The molecule has 0 unspecified atom stereocenters. The Balaban J connectivity index is 1.54. The summed E-state index contributed by atoms with van der Waals surface area (Å²) in [6.07, 6.45) is 2.68. The van der Waals surface area contributed by atoms with Gasteiger partial charge in [0.05, 0.1) is 29.5 Å². The maximum Gasteiger partial charge on any atom is 0.297 e. The Morgan fingerprint density at radius 3 is 2.74 bits per heavy atom. The molecule has 0 spiro atoms. The van der Waals surface area contributed by atoms with E-state index in [1.807, 2.05) is 26.0 Å². The molecule has 160 valence electrons. The van der Waals surface area contributed by atoms with Crippen molar-refractivity contribution in [1.29, 1.82) is 5.26 Å². The number of morpholine rings is 1. The fraction of sp³-hybridized carbons (Fsp3) is 0.318. The zero-order chi connectivity index (χ0) is 22.0. The maximum absolute atomic E-state index is 12.5. The fourth-order valence-corrected chi connectivity index (χ4v) is 4.60. The number of ether oxygens (including phenoxy) is 1. The van der Waals surface area contributed by atoms with Gasteiger partial charge in [-0.25, -0.2) is 4.98 Å². The molecular weight excluding hydrogens is 416 g/mol. The number of rotatable bonds is 5. The molecule has 1 aliphatic heterocycles. The number of fused-ring (bicyclic) bond motifs is 1. The summed E-state index contributed by atoms with van der Waals surface area (Å²) in [5, 5.41) is 10.1. The van der Waals surface area contributed by atoms with E-state index < -0.39 is 16.2 Å². The van der Waals surface area contributed by atoms with Crippen molar-refractivity contribution in [3.05, 3.63) is 60.0 Å². The summed E-state index contributed by atoms with van der Waals surface area (Å²) in [6, 6.07) is 12.3. The molecule has 0 radical (unpaired) electrons. The molecule has 0 amide bonds. The number of hydrogen-bond acceptors (Lipinski definition) is 8. The average Bonchev–Trinajstić information content (AvgIpc) is 2.77. The van der Waals surface area contributed by atoms with Gasteiger partial charge in [0.25, 0.3) is 10.1 Å². The van der Waals surface area contributed by atoms with Gasteiger partial charge in [-0.15, -0.1) is 0 Å². The average molecular weight is 439 g/mol. The number of aryl methyl sites for hydroxylation is 1. The largest absolute Gasteiger partial charge is 0.369 e. The van der Waals surface area contributed by atoms with E-state index in [-0.39, 0.29) is 23.3 Å². The molecule has 3 aromatic rings. The third-order valence-electron chi connectivity index (χ3n) is 5.12. The van der Waals surface area contributed by atoms with Gasteiger partial charge in [-0.05, 0) is 38.1 Å². The van der Waals surface area contributed by atoms with Crippen LogP contribution < -0.4 is 4.90 Å². The van der Waals surface area contributed by atoms with E-state index in [1.165, 1.54) is 12.1 Å². The number of pyridine rings is 2. The minimum absolute atomic E-state index is 0.100. The van der Waals surface area contributed by atoms with Gasteiger partial charge in [0.2, 0.25) is 0 Å². The summed E-state index contributed by atoms with van der Waals surface area (Å²) >= 11 is 0. The van der Waals surface area contributed by atoms with Crippen LogP contribution >= 0.6 is 0 Å². The molecule has 3 heterocycles. The Morgan fingerprint density at radius 1 is 1.23 bits per heavy atom. The molecule has 0 N–H and O–H groups in total. The normalized spacial score (nSPS) is 19.3. The highest BCUT2D eigenvalue weighted by Gasteiger charge is 2.29. The number of nitriles is 1. The quantitative estimate of drug-likeness (QED) is 0.560. The zero-order valence-corrected chi connectivity index (χ0v) is 18.0. The molecule has 0 saturated carbocycles. The second kappa shape index (κ2) is 8.59. The van der Waals surface area contributed by atoms with Gasteiger partial charge in [0, 0.05) is 24.7 Å². The summed E-state index contributed by atoms with van der Waals surface area (Å²) in [6.45, 7) is 4.73.